The molecule has 0 amide bonds. The van der Waals surface area contributed by atoms with Crippen LogP contribution in [0.1, 0.15) is 38.7 Å². The molecular weight excluding hydrogens is 372 g/mol. The average Bonchev–Trinajstić information content (AvgIpc) is 2.57. The molecule has 0 aliphatic rings. The largest absolute Gasteiger partial charge is 0.480 e. The molecule has 8 heteroatoms. The van der Waals surface area contributed by atoms with Crippen LogP contribution in [0.25, 0.3) is 0 Å². The third-order valence-corrected chi connectivity index (χ3v) is 5.17. The minimum absolute atomic E-state index is 0.109. The highest BCUT2D eigenvalue weighted by Crippen LogP contribution is 2.25. The van der Waals surface area contributed by atoms with Gasteiger partial charge in [0, 0.05) is 19.8 Å². The first-order valence-corrected chi connectivity index (χ1v) is 10.6. The number of hydrogen-bond donors (Lipinski definition) is 1. The van der Waals surface area contributed by atoms with Gasteiger partial charge in [-0.25, -0.2) is 4.79 Å². The lowest BCUT2D eigenvalue weighted by Gasteiger charge is -2.24. The zero-order valence-electron chi connectivity index (χ0n) is 16.1. The highest BCUT2D eigenvalue weighted by molar-refractivity contribution is 7.85. The Hall–Kier alpha value is -1.48. The fraction of sp³-hybridized carbons (Fsp3) is 0.632. The maximum Gasteiger partial charge on any atom is 0.329 e. The normalized spacial score (nSPS) is 12.2. The highest BCUT2D eigenvalue weighted by atomic mass is 32.2. The van der Waals surface area contributed by atoms with E-state index in [1.165, 1.54) is 0 Å². The van der Waals surface area contributed by atoms with E-state index in [1.54, 1.807) is 24.3 Å². The first-order chi connectivity index (χ1) is 12.7. The highest BCUT2D eigenvalue weighted by Gasteiger charge is 2.20. The molecule has 0 atom stereocenters. The van der Waals surface area contributed by atoms with Crippen LogP contribution in [-0.2, 0) is 34.3 Å². The second-order valence-electron chi connectivity index (χ2n) is 7.09. The van der Waals surface area contributed by atoms with Gasteiger partial charge in [-0.2, -0.15) is 8.42 Å². The van der Waals surface area contributed by atoms with Crippen molar-refractivity contribution in [1.29, 1.82) is 0 Å². The van der Waals surface area contributed by atoms with Crippen molar-refractivity contribution < 1.29 is 32.0 Å². The third-order valence-electron chi connectivity index (χ3n) is 3.95. The second-order valence-corrected chi connectivity index (χ2v) is 8.73. The first kappa shape index (κ1) is 23.6. The number of ether oxygens (including phenoxy) is 2. The van der Waals surface area contributed by atoms with E-state index in [0.29, 0.717) is 38.2 Å². The summed E-state index contributed by atoms with van der Waals surface area (Å²) in [4.78, 5) is 10.3. The lowest BCUT2D eigenvalue weighted by atomic mass is 9.86. The van der Waals surface area contributed by atoms with Gasteiger partial charge in [0.05, 0.1) is 6.61 Å². The molecule has 0 aliphatic heterocycles. The number of rotatable bonds is 15. The van der Waals surface area contributed by atoms with Crippen molar-refractivity contribution in [2.24, 2.45) is 5.41 Å². The predicted molar refractivity (Wildman–Crippen MR) is 102 cm³/mol. The van der Waals surface area contributed by atoms with Crippen LogP contribution < -0.4 is 0 Å². The fourth-order valence-electron chi connectivity index (χ4n) is 2.26. The van der Waals surface area contributed by atoms with Crippen molar-refractivity contribution in [2.75, 3.05) is 33.0 Å². The summed E-state index contributed by atoms with van der Waals surface area (Å²) in [6, 6.07) is 8.95. The summed E-state index contributed by atoms with van der Waals surface area (Å²) >= 11 is 0. The SMILES string of the molecule is CC(C)(CCOCCCOCC(=O)O)CCOS(=O)(=O)Cc1ccccc1. The summed E-state index contributed by atoms with van der Waals surface area (Å²) < 4.78 is 39.6. The summed E-state index contributed by atoms with van der Waals surface area (Å²) in [5, 5.41) is 8.43. The molecule has 0 radical (unpaired) electrons. The molecule has 27 heavy (non-hydrogen) atoms. The van der Waals surface area contributed by atoms with Crippen LogP contribution in [0.4, 0.5) is 0 Å². The summed E-state index contributed by atoms with van der Waals surface area (Å²) in [6.07, 6.45) is 2.01. The molecule has 1 N–H and O–H groups in total. The number of carboxylic acid groups (broad SMARTS) is 1. The smallest absolute Gasteiger partial charge is 0.329 e. The van der Waals surface area contributed by atoms with Gasteiger partial charge in [0.25, 0.3) is 10.1 Å². The van der Waals surface area contributed by atoms with E-state index in [0.717, 1.165) is 6.42 Å². The maximum absolute atomic E-state index is 12.0. The molecule has 7 nitrogen and oxygen atoms in total. The van der Waals surface area contributed by atoms with Crippen molar-refractivity contribution in [2.45, 2.75) is 38.9 Å². The lowest BCUT2D eigenvalue weighted by molar-refractivity contribution is -0.142. The van der Waals surface area contributed by atoms with Crippen LogP contribution in [0, 0.1) is 5.41 Å². The van der Waals surface area contributed by atoms with Gasteiger partial charge in [0.2, 0.25) is 0 Å². The van der Waals surface area contributed by atoms with Crippen molar-refractivity contribution in [3.8, 4) is 0 Å². The Morgan fingerprint density at radius 3 is 2.30 bits per heavy atom. The number of carbonyl (C=O) groups is 1. The molecule has 0 bridgehead atoms. The molecule has 0 fully saturated rings. The molecule has 0 unspecified atom stereocenters. The van der Waals surface area contributed by atoms with E-state index in [4.69, 9.17) is 18.8 Å². The van der Waals surface area contributed by atoms with Crippen molar-refractivity contribution in [1.82, 2.24) is 0 Å². The van der Waals surface area contributed by atoms with Gasteiger partial charge in [-0.1, -0.05) is 44.2 Å². The molecule has 0 saturated heterocycles. The molecule has 1 aromatic carbocycles. The average molecular weight is 403 g/mol. The Morgan fingerprint density at radius 1 is 1.00 bits per heavy atom. The second kappa shape index (κ2) is 12.1. The van der Waals surface area contributed by atoms with Gasteiger partial charge >= 0.3 is 5.97 Å². The van der Waals surface area contributed by atoms with Crippen LogP contribution in [0.3, 0.4) is 0 Å². The molecule has 0 saturated carbocycles. The molecule has 0 spiro atoms. The standard InChI is InChI=1S/C19H30O7S/c1-19(2,9-13-24-11-6-12-25-15-18(20)21)10-14-26-27(22,23)16-17-7-4-3-5-8-17/h3-5,7-8H,6,9-16H2,1-2H3,(H,20,21). The van der Waals surface area contributed by atoms with Gasteiger partial charge in [-0.15, -0.1) is 0 Å². The van der Waals surface area contributed by atoms with E-state index >= 15 is 0 Å². The first-order valence-electron chi connectivity index (χ1n) is 8.98. The minimum Gasteiger partial charge on any atom is -0.480 e. The van der Waals surface area contributed by atoms with Crippen molar-refractivity contribution in [3.63, 3.8) is 0 Å². The monoisotopic (exact) mass is 402 g/mol. The van der Waals surface area contributed by atoms with Crippen LogP contribution in [0.15, 0.2) is 30.3 Å². The number of benzene rings is 1. The minimum atomic E-state index is -3.59. The van der Waals surface area contributed by atoms with Crippen molar-refractivity contribution in [3.05, 3.63) is 35.9 Å². The molecule has 0 aromatic heterocycles. The van der Waals surface area contributed by atoms with Crippen LogP contribution in [0.2, 0.25) is 0 Å². The Morgan fingerprint density at radius 2 is 1.63 bits per heavy atom. The van der Waals surface area contributed by atoms with Crippen LogP contribution in [-0.4, -0.2) is 52.5 Å². The van der Waals surface area contributed by atoms with E-state index in [2.05, 4.69) is 0 Å². The van der Waals surface area contributed by atoms with E-state index < -0.39 is 16.1 Å². The number of hydrogen-bond acceptors (Lipinski definition) is 6. The van der Waals surface area contributed by atoms with E-state index in [9.17, 15) is 13.2 Å². The van der Waals surface area contributed by atoms with Gasteiger partial charge < -0.3 is 14.6 Å². The Kier molecular flexibility index (Phi) is 10.5. The topological polar surface area (TPSA) is 99.1 Å². The molecule has 0 heterocycles. The van der Waals surface area contributed by atoms with Gasteiger partial charge in [-0.3, -0.25) is 4.18 Å². The Bertz CT molecular complexity index is 641. The van der Waals surface area contributed by atoms with Gasteiger partial charge in [0.15, 0.2) is 0 Å². The predicted octanol–water partition coefficient (Wildman–Crippen LogP) is 2.85. The summed E-state index contributed by atoms with van der Waals surface area (Å²) in [5.41, 5.74) is 0.597. The zero-order valence-corrected chi connectivity index (χ0v) is 16.9. The summed E-state index contributed by atoms with van der Waals surface area (Å²) in [6.45, 7) is 5.33. The maximum atomic E-state index is 12.0. The fourth-order valence-corrected chi connectivity index (χ4v) is 3.28. The Balaban J connectivity index is 2.15. The lowest BCUT2D eigenvalue weighted by Crippen LogP contribution is -2.19. The number of carboxylic acids is 1. The van der Waals surface area contributed by atoms with E-state index in [1.807, 2.05) is 19.9 Å². The van der Waals surface area contributed by atoms with Crippen LogP contribution >= 0.6 is 0 Å². The molecule has 0 aliphatic carbocycles. The summed E-state index contributed by atoms with van der Waals surface area (Å²) in [7, 11) is -3.59. The third kappa shape index (κ3) is 12.5. The molecular formula is C19H30O7S. The molecule has 1 aromatic rings. The van der Waals surface area contributed by atoms with Gasteiger partial charge in [0.1, 0.15) is 12.4 Å². The molecule has 1 rings (SSSR count). The van der Waals surface area contributed by atoms with Crippen LogP contribution in [0.5, 0.6) is 0 Å². The zero-order chi connectivity index (χ0) is 20.2. The quantitative estimate of drug-likeness (QED) is 0.356. The Labute approximate surface area is 161 Å². The number of aliphatic carboxylic acids is 1. The molecule has 154 valence electrons. The van der Waals surface area contributed by atoms with Gasteiger partial charge in [-0.05, 0) is 30.2 Å². The van der Waals surface area contributed by atoms with Crippen molar-refractivity contribution >= 4 is 16.1 Å². The summed E-state index contributed by atoms with van der Waals surface area (Å²) in [5.74, 6) is -1.10. The van der Waals surface area contributed by atoms with E-state index in [-0.39, 0.29) is 24.4 Å².